The minimum absolute atomic E-state index is 0.299. The number of fused-ring (bicyclic) bond motifs is 1. The highest BCUT2D eigenvalue weighted by molar-refractivity contribution is 7.80. The van der Waals surface area contributed by atoms with Crippen LogP contribution in [0.1, 0.15) is 26.8 Å². The number of anilines is 1. The van der Waals surface area contributed by atoms with Crippen LogP contribution < -0.4 is 10.6 Å². The van der Waals surface area contributed by atoms with Crippen molar-refractivity contribution in [2.75, 3.05) is 11.9 Å². The summed E-state index contributed by atoms with van der Waals surface area (Å²) in [7, 11) is 0. The molecule has 0 bridgehead atoms. The molecule has 0 atom stereocenters. The van der Waals surface area contributed by atoms with Gasteiger partial charge in [-0.05, 0) is 51.2 Å². The van der Waals surface area contributed by atoms with Gasteiger partial charge in [0.2, 0.25) is 0 Å². The summed E-state index contributed by atoms with van der Waals surface area (Å²) in [5, 5.41) is 11.1. The lowest BCUT2D eigenvalue weighted by molar-refractivity contribution is 0.534. The van der Waals surface area contributed by atoms with Crippen LogP contribution in [0.2, 0.25) is 0 Å². The van der Waals surface area contributed by atoms with Crippen molar-refractivity contribution in [1.82, 2.24) is 30.0 Å². The Morgan fingerprint density at radius 3 is 2.75 bits per heavy atom. The first-order chi connectivity index (χ1) is 11.6. The molecule has 0 aliphatic rings. The molecule has 0 aromatic carbocycles. The lowest BCUT2D eigenvalue weighted by Gasteiger charge is -2.08. The van der Waals surface area contributed by atoms with Crippen molar-refractivity contribution in [2.24, 2.45) is 0 Å². The highest BCUT2D eigenvalue weighted by atomic mass is 32.1. The molecule has 0 amide bonds. The molecular formula is C16H19N7S. The van der Waals surface area contributed by atoms with Gasteiger partial charge in [-0.25, -0.2) is 9.97 Å². The van der Waals surface area contributed by atoms with Crippen molar-refractivity contribution in [1.29, 1.82) is 0 Å². The zero-order chi connectivity index (χ0) is 17.1. The van der Waals surface area contributed by atoms with E-state index in [4.69, 9.17) is 12.2 Å². The van der Waals surface area contributed by atoms with Crippen molar-refractivity contribution >= 4 is 34.3 Å². The first kappa shape index (κ1) is 16.3. The second-order valence-corrected chi connectivity index (χ2v) is 5.96. The summed E-state index contributed by atoms with van der Waals surface area (Å²) in [6, 6.07) is 5.92. The zero-order valence-electron chi connectivity index (χ0n) is 13.8. The summed E-state index contributed by atoms with van der Waals surface area (Å²) in [4.78, 5) is 13.5. The van der Waals surface area contributed by atoms with Crippen LogP contribution >= 0.6 is 12.2 Å². The molecule has 3 rings (SSSR count). The van der Waals surface area contributed by atoms with Crippen molar-refractivity contribution in [3.8, 4) is 11.4 Å². The van der Waals surface area contributed by atoms with Crippen molar-refractivity contribution in [3.05, 3.63) is 30.6 Å². The third kappa shape index (κ3) is 3.48. The average Bonchev–Trinajstić information content (AvgIpc) is 3.04. The maximum absolute atomic E-state index is 5.18. The second-order valence-electron chi connectivity index (χ2n) is 5.55. The van der Waals surface area contributed by atoms with E-state index in [1.54, 1.807) is 6.20 Å². The van der Waals surface area contributed by atoms with Gasteiger partial charge in [0.05, 0.1) is 6.20 Å². The number of pyridine rings is 1. The van der Waals surface area contributed by atoms with Crippen LogP contribution in [0.4, 0.5) is 5.82 Å². The summed E-state index contributed by atoms with van der Waals surface area (Å²) >= 11 is 5.18. The molecule has 0 aliphatic carbocycles. The molecule has 124 valence electrons. The molecule has 8 heteroatoms. The molecule has 2 N–H and O–H groups in total. The van der Waals surface area contributed by atoms with E-state index in [1.807, 2.05) is 36.0 Å². The highest BCUT2D eigenvalue weighted by Gasteiger charge is 2.09. The normalized spacial score (nSPS) is 11.0. The van der Waals surface area contributed by atoms with Gasteiger partial charge in [0, 0.05) is 18.8 Å². The molecule has 0 fully saturated rings. The van der Waals surface area contributed by atoms with Crippen LogP contribution in [0.25, 0.3) is 22.6 Å². The quantitative estimate of drug-likeness (QED) is 0.706. The Kier molecular flexibility index (Phi) is 4.66. The fraction of sp³-hybridized carbons (Fsp3) is 0.312. The predicted octanol–water partition coefficient (Wildman–Crippen LogP) is 2.78. The second kappa shape index (κ2) is 6.88. The van der Waals surface area contributed by atoms with Crippen LogP contribution in [-0.2, 0) is 0 Å². The van der Waals surface area contributed by atoms with Crippen LogP contribution in [0, 0.1) is 0 Å². The molecule has 0 aliphatic heterocycles. The van der Waals surface area contributed by atoms with E-state index in [-0.39, 0.29) is 0 Å². The molecular weight excluding hydrogens is 322 g/mol. The van der Waals surface area contributed by atoms with Gasteiger partial charge < -0.3 is 10.6 Å². The Balaban J connectivity index is 1.92. The van der Waals surface area contributed by atoms with Crippen LogP contribution in [-0.4, -0.2) is 36.4 Å². The van der Waals surface area contributed by atoms with Gasteiger partial charge in [-0.1, -0.05) is 0 Å². The van der Waals surface area contributed by atoms with Crippen molar-refractivity contribution < 1.29 is 0 Å². The fourth-order valence-corrected chi connectivity index (χ4v) is 2.42. The summed E-state index contributed by atoms with van der Waals surface area (Å²) in [5.41, 5.74) is 2.75. The number of hydrogen-bond acceptors (Lipinski definition) is 5. The molecule has 0 radical (unpaired) electrons. The highest BCUT2D eigenvalue weighted by Crippen LogP contribution is 2.18. The van der Waals surface area contributed by atoms with Gasteiger partial charge in [-0.15, -0.1) is 0 Å². The summed E-state index contributed by atoms with van der Waals surface area (Å²) in [6.45, 7) is 6.89. The molecule has 0 saturated carbocycles. The Morgan fingerprint density at radius 2 is 2.04 bits per heavy atom. The van der Waals surface area contributed by atoms with E-state index < -0.39 is 0 Å². The Hall–Kier alpha value is -2.61. The average molecular weight is 341 g/mol. The number of thiocarbonyl (C=S) groups is 1. The number of aromatic nitrogens is 5. The molecule has 0 saturated heterocycles. The molecule has 3 aromatic heterocycles. The Labute approximate surface area is 145 Å². The van der Waals surface area contributed by atoms with Crippen molar-refractivity contribution in [3.63, 3.8) is 0 Å². The van der Waals surface area contributed by atoms with E-state index in [2.05, 4.69) is 44.5 Å². The van der Waals surface area contributed by atoms with Gasteiger partial charge in [-0.2, -0.15) is 5.10 Å². The third-order valence-corrected chi connectivity index (χ3v) is 3.63. The van der Waals surface area contributed by atoms with Gasteiger partial charge in [-0.3, -0.25) is 9.67 Å². The first-order valence-corrected chi connectivity index (χ1v) is 8.22. The predicted molar refractivity (Wildman–Crippen MR) is 98.8 cm³/mol. The van der Waals surface area contributed by atoms with E-state index >= 15 is 0 Å². The zero-order valence-corrected chi connectivity index (χ0v) is 14.6. The Morgan fingerprint density at radius 1 is 1.21 bits per heavy atom. The number of nitrogens with one attached hydrogen (secondary N) is 2. The van der Waals surface area contributed by atoms with Crippen molar-refractivity contribution in [2.45, 2.75) is 26.8 Å². The standard InChI is InChI=1S/C16H19N7S/c1-4-17-16(24)21-14-6-5-12-15(20-14)19-13(9-18-12)11-7-8-23(22-11)10(2)3/h5-10H,4H2,1-3H3,(H2,17,19,20,21,24). The Bertz CT molecular complexity index is 872. The minimum Gasteiger partial charge on any atom is -0.363 e. The molecule has 0 spiro atoms. The SMILES string of the molecule is CCNC(=S)Nc1ccc2ncc(-c3ccn(C(C)C)n3)nc2n1. The maximum atomic E-state index is 5.18. The van der Waals surface area contributed by atoms with Gasteiger partial charge in [0.25, 0.3) is 0 Å². The minimum atomic E-state index is 0.299. The molecule has 7 nitrogen and oxygen atoms in total. The van der Waals surface area contributed by atoms with Gasteiger partial charge in [0.1, 0.15) is 22.7 Å². The van der Waals surface area contributed by atoms with Crippen LogP contribution in [0.15, 0.2) is 30.6 Å². The summed E-state index contributed by atoms with van der Waals surface area (Å²) < 4.78 is 1.89. The molecule has 3 heterocycles. The molecule has 0 unspecified atom stereocenters. The summed E-state index contributed by atoms with van der Waals surface area (Å²) in [6.07, 6.45) is 3.65. The largest absolute Gasteiger partial charge is 0.363 e. The van der Waals surface area contributed by atoms with E-state index in [9.17, 15) is 0 Å². The van der Waals surface area contributed by atoms with Gasteiger partial charge >= 0.3 is 0 Å². The number of hydrogen-bond donors (Lipinski definition) is 2. The summed E-state index contributed by atoms with van der Waals surface area (Å²) in [5.74, 6) is 0.632. The fourth-order valence-electron chi connectivity index (χ4n) is 2.17. The van der Waals surface area contributed by atoms with E-state index in [0.717, 1.165) is 17.8 Å². The van der Waals surface area contributed by atoms with Crippen LogP contribution in [0.5, 0.6) is 0 Å². The lowest BCUT2D eigenvalue weighted by atomic mass is 10.3. The smallest absolute Gasteiger partial charge is 0.180 e. The number of nitrogens with zero attached hydrogens (tertiary/aromatic N) is 5. The molecule has 3 aromatic rings. The van der Waals surface area contributed by atoms with E-state index in [1.165, 1.54) is 0 Å². The maximum Gasteiger partial charge on any atom is 0.180 e. The molecule has 24 heavy (non-hydrogen) atoms. The lowest BCUT2D eigenvalue weighted by Crippen LogP contribution is -2.28. The topological polar surface area (TPSA) is 80.5 Å². The van der Waals surface area contributed by atoms with E-state index in [0.29, 0.717) is 28.3 Å². The van der Waals surface area contributed by atoms with Gasteiger partial charge in [0.15, 0.2) is 10.8 Å². The number of rotatable bonds is 4. The monoisotopic (exact) mass is 341 g/mol. The van der Waals surface area contributed by atoms with Crippen LogP contribution in [0.3, 0.4) is 0 Å². The third-order valence-electron chi connectivity index (χ3n) is 3.39. The first-order valence-electron chi connectivity index (χ1n) is 7.81.